The first-order valence-electron chi connectivity index (χ1n) is 8.84. The lowest BCUT2D eigenvalue weighted by Gasteiger charge is -2.21. The number of rotatable bonds is 3. The number of hydrogen-bond donors (Lipinski definition) is 1. The number of anilines is 1. The lowest BCUT2D eigenvalue weighted by atomic mass is 10.0. The van der Waals surface area contributed by atoms with Crippen LogP contribution in [0, 0.1) is 0 Å². The van der Waals surface area contributed by atoms with E-state index in [4.69, 9.17) is 4.74 Å². The van der Waals surface area contributed by atoms with Crippen molar-refractivity contribution >= 4 is 17.8 Å². The van der Waals surface area contributed by atoms with E-state index in [1.54, 1.807) is 48.4 Å². The van der Waals surface area contributed by atoms with E-state index in [-0.39, 0.29) is 12.0 Å². The highest BCUT2D eigenvalue weighted by molar-refractivity contribution is 5.95. The summed E-state index contributed by atoms with van der Waals surface area (Å²) in [6.07, 6.45) is 3.61. The van der Waals surface area contributed by atoms with Gasteiger partial charge in [0.2, 0.25) is 0 Å². The molecule has 1 atom stereocenters. The normalized spacial score (nSPS) is 21.6. The maximum Gasteiger partial charge on any atom is 0.410 e. The second-order valence-electron chi connectivity index (χ2n) is 6.96. The Morgan fingerprint density at radius 2 is 1.93 bits per heavy atom. The topological polar surface area (TPSA) is 87.7 Å². The van der Waals surface area contributed by atoms with Gasteiger partial charge in [-0.1, -0.05) is 12.1 Å². The molecule has 8 nitrogen and oxygen atoms in total. The highest BCUT2D eigenvalue weighted by Crippen LogP contribution is 2.32. The van der Waals surface area contributed by atoms with Crippen LogP contribution < -0.4 is 5.32 Å². The fourth-order valence-electron chi connectivity index (χ4n) is 3.71. The minimum absolute atomic E-state index is 0.0583. The van der Waals surface area contributed by atoms with E-state index < -0.39 is 5.60 Å². The third-order valence-corrected chi connectivity index (χ3v) is 5.08. The van der Waals surface area contributed by atoms with Crippen LogP contribution in [0.2, 0.25) is 0 Å². The predicted molar refractivity (Wildman–Crippen MR) is 99.4 cm³/mol. The molecule has 8 heteroatoms. The maximum atomic E-state index is 12.9. The molecule has 2 fully saturated rings. The van der Waals surface area contributed by atoms with Crippen LogP contribution in [0.5, 0.6) is 0 Å². The molecule has 1 spiro atoms. The van der Waals surface area contributed by atoms with Crippen molar-refractivity contribution < 1.29 is 14.3 Å². The van der Waals surface area contributed by atoms with E-state index in [1.807, 2.05) is 12.1 Å². The first-order chi connectivity index (χ1) is 13.0. The summed E-state index contributed by atoms with van der Waals surface area (Å²) < 4.78 is 5.51. The monoisotopic (exact) mass is 367 g/mol. The molecule has 0 saturated carbocycles. The van der Waals surface area contributed by atoms with Gasteiger partial charge in [-0.2, -0.15) is 0 Å². The molecule has 2 aliphatic heterocycles. The minimum Gasteiger partial charge on any atom is -0.439 e. The first-order valence-corrected chi connectivity index (χ1v) is 8.84. The number of carbonyl (C=O) groups is 2. The molecule has 2 aromatic rings. The lowest BCUT2D eigenvalue weighted by molar-refractivity contribution is 0.0553. The highest BCUT2D eigenvalue weighted by atomic mass is 16.6. The largest absolute Gasteiger partial charge is 0.439 e. The third kappa shape index (κ3) is 3.07. The van der Waals surface area contributed by atoms with Gasteiger partial charge in [-0.15, -0.1) is 0 Å². The Balaban J connectivity index is 1.50. The number of carbonyl (C=O) groups excluding carboxylic acids is 2. The molecule has 2 aliphatic rings. The molecule has 1 N–H and O–H groups in total. The van der Waals surface area contributed by atoms with Crippen LogP contribution in [-0.2, 0) is 4.74 Å². The molecule has 0 unspecified atom stereocenters. The van der Waals surface area contributed by atoms with Crippen LogP contribution >= 0.6 is 0 Å². The van der Waals surface area contributed by atoms with Crippen LogP contribution in [0.25, 0.3) is 11.3 Å². The summed E-state index contributed by atoms with van der Waals surface area (Å²) in [7, 11) is 3.51. The van der Waals surface area contributed by atoms with Gasteiger partial charge in [0.05, 0.1) is 13.1 Å². The molecular formula is C19H21N5O3. The number of nitrogens with one attached hydrogen (secondary N) is 1. The van der Waals surface area contributed by atoms with E-state index in [0.717, 1.165) is 11.3 Å². The summed E-state index contributed by atoms with van der Waals surface area (Å²) in [6, 6.07) is 7.33. The van der Waals surface area contributed by atoms with Crippen molar-refractivity contribution in [2.24, 2.45) is 0 Å². The highest BCUT2D eigenvalue weighted by Gasteiger charge is 2.49. The summed E-state index contributed by atoms with van der Waals surface area (Å²) >= 11 is 0. The Labute approximate surface area is 157 Å². The molecule has 2 amide bonds. The van der Waals surface area contributed by atoms with Crippen molar-refractivity contribution in [3.05, 3.63) is 42.2 Å². The van der Waals surface area contributed by atoms with Crippen molar-refractivity contribution in [2.45, 2.75) is 12.0 Å². The zero-order valence-corrected chi connectivity index (χ0v) is 15.3. The lowest BCUT2D eigenvalue weighted by Crippen LogP contribution is -2.39. The summed E-state index contributed by atoms with van der Waals surface area (Å²) in [6.45, 7) is 1.53. The Morgan fingerprint density at radius 1 is 1.19 bits per heavy atom. The van der Waals surface area contributed by atoms with E-state index in [2.05, 4.69) is 15.3 Å². The Kier molecular flexibility index (Phi) is 4.18. The standard InChI is InChI=1S/C19H21N5O3/c1-20-16-15(21-8-9-22-16)13-3-5-14(6-4-13)17(25)24-10-7-19(12-24)11-23(2)18(26)27-19/h3-6,8-9H,7,10-12H2,1-2H3,(H,20,22)/t19-/m1/s1. The van der Waals surface area contributed by atoms with Crippen molar-refractivity contribution in [2.75, 3.05) is 39.0 Å². The van der Waals surface area contributed by atoms with E-state index >= 15 is 0 Å². The number of aromatic nitrogens is 2. The number of benzene rings is 1. The number of nitrogens with zero attached hydrogens (tertiary/aromatic N) is 4. The molecule has 27 heavy (non-hydrogen) atoms. The van der Waals surface area contributed by atoms with Crippen molar-refractivity contribution in [3.63, 3.8) is 0 Å². The molecule has 0 bridgehead atoms. The molecule has 2 saturated heterocycles. The molecular weight excluding hydrogens is 346 g/mol. The van der Waals surface area contributed by atoms with Gasteiger partial charge in [0.25, 0.3) is 5.91 Å². The van der Waals surface area contributed by atoms with Crippen molar-refractivity contribution in [1.82, 2.24) is 19.8 Å². The molecule has 0 radical (unpaired) electrons. The quantitative estimate of drug-likeness (QED) is 0.891. The Bertz CT molecular complexity index is 885. The number of hydrogen-bond acceptors (Lipinski definition) is 6. The number of likely N-dealkylation sites (tertiary alicyclic amines) is 1. The van der Waals surface area contributed by atoms with Gasteiger partial charge in [-0.3, -0.25) is 9.78 Å². The Morgan fingerprint density at radius 3 is 2.59 bits per heavy atom. The fourth-order valence-corrected chi connectivity index (χ4v) is 3.71. The predicted octanol–water partition coefficient (Wildman–Crippen LogP) is 1.85. The smallest absolute Gasteiger partial charge is 0.410 e. The van der Waals surface area contributed by atoms with Gasteiger partial charge in [-0.05, 0) is 12.1 Å². The van der Waals surface area contributed by atoms with Crippen LogP contribution in [0.4, 0.5) is 10.6 Å². The summed E-state index contributed by atoms with van der Waals surface area (Å²) in [5, 5.41) is 3.02. The second kappa shape index (κ2) is 6.53. The van der Waals surface area contributed by atoms with E-state index in [9.17, 15) is 9.59 Å². The van der Waals surface area contributed by atoms with Crippen LogP contribution in [-0.4, -0.2) is 71.1 Å². The zero-order valence-electron chi connectivity index (χ0n) is 15.3. The van der Waals surface area contributed by atoms with E-state index in [0.29, 0.717) is 37.4 Å². The molecule has 140 valence electrons. The zero-order chi connectivity index (χ0) is 19.0. The number of amides is 2. The molecule has 1 aromatic carbocycles. The summed E-state index contributed by atoms with van der Waals surface area (Å²) in [5.74, 6) is 0.627. The van der Waals surface area contributed by atoms with Gasteiger partial charge >= 0.3 is 6.09 Å². The fraction of sp³-hybridized carbons (Fsp3) is 0.368. The van der Waals surface area contributed by atoms with Crippen molar-refractivity contribution in [3.8, 4) is 11.3 Å². The average molecular weight is 367 g/mol. The SMILES string of the molecule is CNc1nccnc1-c1ccc(C(=O)N2CC[C@@]3(CN(C)C(=O)O3)C2)cc1. The third-order valence-electron chi connectivity index (χ3n) is 5.08. The van der Waals surface area contributed by atoms with Gasteiger partial charge in [0.1, 0.15) is 5.69 Å². The van der Waals surface area contributed by atoms with Gasteiger partial charge in [0, 0.05) is 50.6 Å². The number of ether oxygens (including phenoxy) is 1. The molecule has 3 heterocycles. The van der Waals surface area contributed by atoms with E-state index in [1.165, 1.54) is 0 Å². The summed E-state index contributed by atoms with van der Waals surface area (Å²) in [4.78, 5) is 36.5. The second-order valence-corrected chi connectivity index (χ2v) is 6.96. The van der Waals surface area contributed by atoms with Crippen molar-refractivity contribution in [1.29, 1.82) is 0 Å². The molecule has 0 aliphatic carbocycles. The maximum absolute atomic E-state index is 12.9. The first kappa shape index (κ1) is 17.3. The van der Waals surface area contributed by atoms with Gasteiger partial charge in [0.15, 0.2) is 11.4 Å². The van der Waals surface area contributed by atoms with Crippen LogP contribution in [0.15, 0.2) is 36.7 Å². The van der Waals surface area contributed by atoms with Crippen LogP contribution in [0.1, 0.15) is 16.8 Å². The number of likely N-dealkylation sites (N-methyl/N-ethyl adjacent to an activating group) is 1. The van der Waals surface area contributed by atoms with Gasteiger partial charge in [-0.25, -0.2) is 9.78 Å². The minimum atomic E-state index is -0.567. The molecule has 4 rings (SSSR count). The Hall–Kier alpha value is -3.16. The molecule has 1 aromatic heterocycles. The average Bonchev–Trinajstić information content (AvgIpc) is 3.23. The summed E-state index contributed by atoms with van der Waals surface area (Å²) in [5.41, 5.74) is 1.65. The van der Waals surface area contributed by atoms with Gasteiger partial charge < -0.3 is 19.9 Å². The van der Waals surface area contributed by atoms with Crippen LogP contribution in [0.3, 0.4) is 0 Å².